The molecule has 0 aromatic heterocycles. The van der Waals surface area contributed by atoms with Gasteiger partial charge >= 0.3 is 17.9 Å². The molecular formula is C68H106O6. The van der Waals surface area contributed by atoms with E-state index in [1.165, 1.54) is 44.9 Å². The SMILES string of the molecule is CC/C=C\C/C=C\C/C=C\C/C=C\C/C=C\C/C=C\C/C=C\CCCCCC(=O)OCC(COC(=O)CCCCCCC/C=C\CCCCCCC)OC(=O)CCC/C=C\C/C=C\C/C=C\C/C=C\C/C=C\CC. The van der Waals surface area contributed by atoms with Gasteiger partial charge in [-0.3, -0.25) is 14.4 Å². The van der Waals surface area contributed by atoms with E-state index in [0.29, 0.717) is 19.3 Å². The summed E-state index contributed by atoms with van der Waals surface area (Å²) in [6.07, 6.45) is 88.1. The molecule has 0 aliphatic carbocycles. The first-order valence-electron chi connectivity index (χ1n) is 29.5. The summed E-state index contributed by atoms with van der Waals surface area (Å²) >= 11 is 0. The highest BCUT2D eigenvalue weighted by Crippen LogP contribution is 2.12. The Morgan fingerprint density at radius 2 is 0.541 bits per heavy atom. The first-order valence-corrected chi connectivity index (χ1v) is 29.5. The number of carbonyl (C=O) groups excluding carboxylic acids is 3. The van der Waals surface area contributed by atoms with Gasteiger partial charge in [-0.2, -0.15) is 0 Å². The van der Waals surface area contributed by atoms with Crippen molar-refractivity contribution in [3.8, 4) is 0 Å². The second-order valence-corrected chi connectivity index (χ2v) is 18.8. The molecule has 0 bridgehead atoms. The van der Waals surface area contributed by atoms with Gasteiger partial charge in [-0.25, -0.2) is 0 Å². The normalized spacial score (nSPS) is 13.3. The highest BCUT2D eigenvalue weighted by Gasteiger charge is 2.19. The minimum atomic E-state index is -0.834. The molecule has 6 nitrogen and oxygen atoms in total. The number of carbonyl (C=O) groups is 3. The number of esters is 3. The largest absolute Gasteiger partial charge is 0.462 e. The molecule has 414 valence electrons. The van der Waals surface area contributed by atoms with Gasteiger partial charge in [0, 0.05) is 19.3 Å². The van der Waals surface area contributed by atoms with Crippen LogP contribution in [0.4, 0.5) is 0 Å². The van der Waals surface area contributed by atoms with Crippen LogP contribution in [-0.4, -0.2) is 37.2 Å². The molecule has 6 heteroatoms. The molecule has 0 saturated heterocycles. The summed E-state index contributed by atoms with van der Waals surface area (Å²) in [6, 6.07) is 0. The van der Waals surface area contributed by atoms with Gasteiger partial charge in [0.1, 0.15) is 13.2 Å². The molecule has 1 atom stereocenters. The fraction of sp³-hybridized carbons (Fsp3) is 0.574. The van der Waals surface area contributed by atoms with Gasteiger partial charge in [0.25, 0.3) is 0 Å². The Hall–Kier alpha value is -4.97. The zero-order valence-electron chi connectivity index (χ0n) is 47.3. The summed E-state index contributed by atoms with van der Waals surface area (Å²) < 4.78 is 16.8. The van der Waals surface area contributed by atoms with Crippen LogP contribution in [-0.2, 0) is 28.6 Å². The van der Waals surface area contributed by atoms with Crippen molar-refractivity contribution in [2.75, 3.05) is 13.2 Å². The van der Waals surface area contributed by atoms with Crippen LogP contribution in [0.1, 0.15) is 233 Å². The van der Waals surface area contributed by atoms with Gasteiger partial charge in [0.2, 0.25) is 0 Å². The topological polar surface area (TPSA) is 78.9 Å². The lowest BCUT2D eigenvalue weighted by Gasteiger charge is -2.18. The van der Waals surface area contributed by atoms with Crippen LogP contribution < -0.4 is 0 Å². The highest BCUT2D eigenvalue weighted by molar-refractivity contribution is 5.71. The van der Waals surface area contributed by atoms with E-state index >= 15 is 0 Å². The lowest BCUT2D eigenvalue weighted by atomic mass is 10.1. The molecule has 0 spiro atoms. The Labute approximate surface area is 454 Å². The number of hydrogen-bond acceptors (Lipinski definition) is 6. The second kappa shape index (κ2) is 60.6. The van der Waals surface area contributed by atoms with E-state index in [1.807, 2.05) is 0 Å². The third-order valence-corrected chi connectivity index (χ3v) is 11.7. The zero-order chi connectivity index (χ0) is 53.6. The summed E-state index contributed by atoms with van der Waals surface area (Å²) in [4.78, 5) is 38.2. The van der Waals surface area contributed by atoms with Crippen molar-refractivity contribution in [3.05, 3.63) is 158 Å². The van der Waals surface area contributed by atoms with Gasteiger partial charge in [0.05, 0.1) is 0 Å². The third kappa shape index (κ3) is 57.9. The van der Waals surface area contributed by atoms with Crippen LogP contribution >= 0.6 is 0 Å². The van der Waals surface area contributed by atoms with E-state index in [9.17, 15) is 14.4 Å². The maximum atomic E-state index is 12.8. The first-order chi connectivity index (χ1) is 36.5. The van der Waals surface area contributed by atoms with Crippen molar-refractivity contribution >= 4 is 17.9 Å². The van der Waals surface area contributed by atoms with E-state index in [4.69, 9.17) is 14.2 Å². The van der Waals surface area contributed by atoms with Gasteiger partial charge in [-0.15, -0.1) is 0 Å². The van der Waals surface area contributed by atoms with Crippen LogP contribution in [0.2, 0.25) is 0 Å². The molecule has 0 saturated carbocycles. The van der Waals surface area contributed by atoms with E-state index in [2.05, 4.69) is 179 Å². The quantitative estimate of drug-likeness (QED) is 0.0261. The Balaban J connectivity index is 4.54. The van der Waals surface area contributed by atoms with Crippen LogP contribution in [0.5, 0.6) is 0 Å². The lowest BCUT2D eigenvalue weighted by Crippen LogP contribution is -2.30. The smallest absolute Gasteiger partial charge is 0.306 e. The van der Waals surface area contributed by atoms with Crippen molar-refractivity contribution in [1.82, 2.24) is 0 Å². The van der Waals surface area contributed by atoms with Crippen LogP contribution in [0, 0.1) is 0 Å². The van der Waals surface area contributed by atoms with Gasteiger partial charge in [-0.1, -0.05) is 230 Å². The molecule has 74 heavy (non-hydrogen) atoms. The average Bonchev–Trinajstić information content (AvgIpc) is 3.40. The summed E-state index contributed by atoms with van der Waals surface area (Å²) in [5, 5.41) is 0. The molecule has 0 aliphatic heterocycles. The Kier molecular flexibility index (Phi) is 56.5. The molecule has 0 aromatic rings. The number of hydrogen-bond donors (Lipinski definition) is 0. The van der Waals surface area contributed by atoms with Crippen molar-refractivity contribution in [1.29, 1.82) is 0 Å². The van der Waals surface area contributed by atoms with Crippen molar-refractivity contribution in [2.24, 2.45) is 0 Å². The molecule has 0 N–H and O–H groups in total. The zero-order valence-corrected chi connectivity index (χ0v) is 47.3. The standard InChI is InChI=1S/C68H106O6/c1-4-7-10-13-16-19-22-25-28-30-31-32-33-34-35-36-37-39-40-43-46-49-52-55-58-61-67(70)73-64-65(63-72-66(69)60-57-54-51-48-45-42-27-24-21-18-15-12-9-6-3)74-68(71)62-59-56-53-50-47-44-41-38-29-26-23-20-17-14-11-8-5-2/h7-8,10-11,16-17,19-20,24-29,31-32,34-35,37,39,41,43-44,46,50,53,65H,4-6,9,12-15,18,21-23,30,33,36,38,40,42,45,47-49,51-52,54-64H2,1-3H3/b10-7-,11-8-,19-16-,20-17-,27-24-,28-25-,29-26-,32-31-,35-34-,39-37-,44-41-,46-43-,53-50-. The highest BCUT2D eigenvalue weighted by atomic mass is 16.6. The van der Waals surface area contributed by atoms with Crippen molar-refractivity contribution < 1.29 is 28.6 Å². The fourth-order valence-corrected chi connectivity index (χ4v) is 7.39. The summed E-state index contributed by atoms with van der Waals surface area (Å²) in [6.45, 7) is 6.30. The summed E-state index contributed by atoms with van der Waals surface area (Å²) in [5.74, 6) is -1.03. The molecular weight excluding hydrogens is 913 g/mol. The number of allylic oxidation sites excluding steroid dienone is 26. The minimum absolute atomic E-state index is 0.123. The Morgan fingerprint density at radius 3 is 0.892 bits per heavy atom. The Bertz CT molecular complexity index is 1690. The van der Waals surface area contributed by atoms with E-state index in [1.54, 1.807) is 0 Å². The van der Waals surface area contributed by atoms with Gasteiger partial charge in [0.15, 0.2) is 6.10 Å². The first kappa shape index (κ1) is 69.0. The number of ether oxygens (including phenoxy) is 3. The maximum Gasteiger partial charge on any atom is 0.306 e. The summed E-state index contributed by atoms with van der Waals surface area (Å²) in [7, 11) is 0. The average molecular weight is 1020 g/mol. The number of rotatable bonds is 51. The molecule has 0 heterocycles. The predicted octanol–water partition coefficient (Wildman–Crippen LogP) is 20.1. The molecule has 0 radical (unpaired) electrons. The number of unbranched alkanes of at least 4 members (excludes halogenated alkanes) is 14. The Morgan fingerprint density at radius 1 is 0.284 bits per heavy atom. The summed E-state index contributed by atoms with van der Waals surface area (Å²) in [5.41, 5.74) is 0. The van der Waals surface area contributed by atoms with Crippen molar-refractivity contribution in [3.63, 3.8) is 0 Å². The molecule has 0 aliphatic rings. The van der Waals surface area contributed by atoms with Crippen LogP contribution in [0.15, 0.2) is 158 Å². The minimum Gasteiger partial charge on any atom is -0.462 e. The van der Waals surface area contributed by atoms with Crippen LogP contribution in [0.25, 0.3) is 0 Å². The molecule has 0 aromatic carbocycles. The fourth-order valence-electron chi connectivity index (χ4n) is 7.39. The van der Waals surface area contributed by atoms with Crippen molar-refractivity contribution in [2.45, 2.75) is 239 Å². The monoisotopic (exact) mass is 1020 g/mol. The lowest BCUT2D eigenvalue weighted by molar-refractivity contribution is -0.167. The molecule has 0 fully saturated rings. The van der Waals surface area contributed by atoms with Crippen LogP contribution in [0.3, 0.4) is 0 Å². The van der Waals surface area contributed by atoms with E-state index < -0.39 is 6.10 Å². The van der Waals surface area contributed by atoms with Gasteiger partial charge in [-0.05, 0) is 141 Å². The second-order valence-electron chi connectivity index (χ2n) is 18.8. The molecule has 1 unspecified atom stereocenters. The van der Waals surface area contributed by atoms with E-state index in [-0.39, 0.29) is 37.5 Å². The predicted molar refractivity (Wildman–Crippen MR) is 320 cm³/mol. The van der Waals surface area contributed by atoms with Gasteiger partial charge < -0.3 is 14.2 Å². The molecule has 0 rings (SSSR count). The maximum absolute atomic E-state index is 12.8. The molecule has 0 amide bonds. The third-order valence-electron chi connectivity index (χ3n) is 11.7. The van der Waals surface area contributed by atoms with E-state index in [0.717, 1.165) is 141 Å².